The predicted molar refractivity (Wildman–Crippen MR) is 84.5 cm³/mol. The predicted octanol–water partition coefficient (Wildman–Crippen LogP) is 3.05. The van der Waals surface area contributed by atoms with E-state index in [1.54, 1.807) is 27.7 Å². The van der Waals surface area contributed by atoms with Crippen LogP contribution in [-0.2, 0) is 14.3 Å². The Kier molecular flexibility index (Phi) is 5.91. The van der Waals surface area contributed by atoms with Gasteiger partial charge >= 0.3 is 12.1 Å². The summed E-state index contributed by atoms with van der Waals surface area (Å²) in [7, 11) is 0. The van der Waals surface area contributed by atoms with Crippen molar-refractivity contribution in [2.45, 2.75) is 52.7 Å². The lowest BCUT2D eigenvalue weighted by atomic mass is 10.1. The van der Waals surface area contributed by atoms with Crippen molar-refractivity contribution in [1.29, 1.82) is 0 Å². The first-order valence-corrected chi connectivity index (χ1v) is 7.24. The van der Waals surface area contributed by atoms with Gasteiger partial charge in [-0.2, -0.15) is 0 Å². The van der Waals surface area contributed by atoms with Gasteiger partial charge < -0.3 is 9.47 Å². The molecular formula is C16H24N2O4. The van der Waals surface area contributed by atoms with E-state index in [1.165, 1.54) is 17.3 Å². The van der Waals surface area contributed by atoms with Crippen molar-refractivity contribution >= 4 is 18.3 Å². The van der Waals surface area contributed by atoms with E-state index in [4.69, 9.17) is 9.47 Å². The molecule has 1 atom stereocenters. The lowest BCUT2D eigenvalue weighted by Crippen LogP contribution is -2.44. The van der Waals surface area contributed by atoms with Crippen LogP contribution < -0.4 is 0 Å². The molecule has 1 heterocycles. The number of carbonyl (C=O) groups is 2. The number of carbonyl (C=O) groups excluding carboxylic acids is 2. The number of aliphatic imine (C=N–C) groups is 1. The van der Waals surface area contributed by atoms with Crippen LogP contribution in [0.5, 0.6) is 0 Å². The second-order valence-corrected chi connectivity index (χ2v) is 5.95. The van der Waals surface area contributed by atoms with Gasteiger partial charge in [-0.1, -0.05) is 6.58 Å². The lowest BCUT2D eigenvalue weighted by molar-refractivity contribution is -0.148. The van der Waals surface area contributed by atoms with E-state index in [2.05, 4.69) is 11.6 Å². The zero-order valence-electron chi connectivity index (χ0n) is 13.9. The second-order valence-electron chi connectivity index (χ2n) is 5.95. The van der Waals surface area contributed by atoms with E-state index in [1.807, 2.05) is 6.92 Å². The summed E-state index contributed by atoms with van der Waals surface area (Å²) in [6.45, 7) is 12.7. The van der Waals surface area contributed by atoms with Crippen molar-refractivity contribution in [2.24, 2.45) is 4.99 Å². The highest BCUT2D eigenvalue weighted by Crippen LogP contribution is 2.30. The molecule has 0 radical (unpaired) electrons. The molecule has 1 unspecified atom stereocenters. The minimum atomic E-state index is -0.721. The average Bonchev–Trinajstić information content (AvgIpc) is 2.72. The van der Waals surface area contributed by atoms with Crippen molar-refractivity contribution in [3.8, 4) is 0 Å². The van der Waals surface area contributed by atoms with Gasteiger partial charge in [0.15, 0.2) is 0 Å². The Morgan fingerprint density at radius 3 is 2.59 bits per heavy atom. The molecule has 0 aliphatic carbocycles. The van der Waals surface area contributed by atoms with Gasteiger partial charge in [0.05, 0.1) is 18.5 Å². The molecule has 1 aliphatic heterocycles. The van der Waals surface area contributed by atoms with Crippen LogP contribution in [0.1, 0.15) is 41.0 Å². The first-order chi connectivity index (χ1) is 10.2. The summed E-state index contributed by atoms with van der Waals surface area (Å²) in [6, 6.07) is -0.721. The molecule has 0 bridgehead atoms. The molecule has 1 amide bonds. The van der Waals surface area contributed by atoms with E-state index in [9.17, 15) is 9.59 Å². The van der Waals surface area contributed by atoms with E-state index in [0.29, 0.717) is 12.1 Å². The standard InChI is InChI=1S/C16H24N2O4/c1-7-17-10-13-11(3)9-12(14(19)21-8-2)18(13)15(20)22-16(4,5)6/h7,10,12H,1,8-9H2,2-6H3. The quantitative estimate of drug-likeness (QED) is 0.591. The SMILES string of the molecule is C=CN=CC1=C(C)CC(C(=O)OCC)N1C(=O)OC(C)(C)C. The van der Waals surface area contributed by atoms with Crippen LogP contribution >= 0.6 is 0 Å². The molecular weight excluding hydrogens is 284 g/mol. The third-order valence-electron chi connectivity index (χ3n) is 2.96. The van der Waals surface area contributed by atoms with Gasteiger partial charge in [0.25, 0.3) is 0 Å². The fraction of sp³-hybridized carbons (Fsp3) is 0.562. The number of nitrogens with zero attached hydrogens (tertiary/aromatic N) is 2. The molecule has 22 heavy (non-hydrogen) atoms. The molecule has 0 aromatic carbocycles. The first-order valence-electron chi connectivity index (χ1n) is 7.24. The van der Waals surface area contributed by atoms with Crippen LogP contribution in [0.4, 0.5) is 4.79 Å². The van der Waals surface area contributed by atoms with E-state index < -0.39 is 23.7 Å². The monoisotopic (exact) mass is 308 g/mol. The average molecular weight is 308 g/mol. The Labute approximate surface area is 131 Å². The third kappa shape index (κ3) is 4.44. The number of rotatable bonds is 4. The number of amides is 1. The summed E-state index contributed by atoms with van der Waals surface area (Å²) in [5.41, 5.74) is 0.759. The van der Waals surface area contributed by atoms with Crippen molar-refractivity contribution in [3.05, 3.63) is 24.0 Å². The van der Waals surface area contributed by atoms with E-state index >= 15 is 0 Å². The molecule has 1 aliphatic rings. The number of ether oxygens (including phenoxy) is 2. The van der Waals surface area contributed by atoms with Crippen LogP contribution in [0.25, 0.3) is 0 Å². The maximum Gasteiger partial charge on any atom is 0.415 e. The van der Waals surface area contributed by atoms with Crippen LogP contribution in [-0.4, -0.2) is 41.4 Å². The summed E-state index contributed by atoms with van der Waals surface area (Å²) in [5, 5.41) is 0. The van der Waals surface area contributed by atoms with Gasteiger partial charge in [0.1, 0.15) is 11.6 Å². The van der Waals surface area contributed by atoms with E-state index in [0.717, 1.165) is 5.57 Å². The summed E-state index contributed by atoms with van der Waals surface area (Å²) in [4.78, 5) is 29.9. The highest BCUT2D eigenvalue weighted by Gasteiger charge is 2.41. The Hall–Kier alpha value is -2.11. The molecule has 122 valence electrons. The van der Waals surface area contributed by atoms with E-state index in [-0.39, 0.29) is 6.61 Å². The molecule has 0 N–H and O–H groups in total. The zero-order chi connectivity index (χ0) is 16.9. The normalized spacial score (nSPS) is 18.8. The lowest BCUT2D eigenvalue weighted by Gasteiger charge is -2.28. The first kappa shape index (κ1) is 17.9. The topological polar surface area (TPSA) is 68.2 Å². The van der Waals surface area contributed by atoms with Crippen LogP contribution in [0.2, 0.25) is 0 Å². The Morgan fingerprint density at radius 2 is 2.09 bits per heavy atom. The number of allylic oxidation sites excluding steroid dienone is 1. The van der Waals surface area contributed by atoms with Crippen molar-refractivity contribution < 1.29 is 19.1 Å². The highest BCUT2D eigenvalue weighted by atomic mass is 16.6. The maximum atomic E-state index is 12.5. The molecule has 0 saturated heterocycles. The smallest absolute Gasteiger partial charge is 0.415 e. The van der Waals surface area contributed by atoms with Gasteiger partial charge in [-0.25, -0.2) is 9.59 Å². The van der Waals surface area contributed by atoms with Gasteiger partial charge in [-0.15, -0.1) is 0 Å². The minimum absolute atomic E-state index is 0.257. The van der Waals surface area contributed by atoms with Crippen molar-refractivity contribution in [3.63, 3.8) is 0 Å². The number of esters is 1. The van der Waals surface area contributed by atoms with Crippen LogP contribution in [0, 0.1) is 0 Å². The fourth-order valence-electron chi connectivity index (χ4n) is 2.12. The summed E-state index contributed by atoms with van der Waals surface area (Å²) >= 11 is 0. The molecule has 6 nitrogen and oxygen atoms in total. The van der Waals surface area contributed by atoms with Gasteiger partial charge in [0.2, 0.25) is 0 Å². The van der Waals surface area contributed by atoms with Gasteiger partial charge in [-0.05, 0) is 40.2 Å². The summed E-state index contributed by atoms with van der Waals surface area (Å²) < 4.78 is 10.5. The van der Waals surface area contributed by atoms with Crippen LogP contribution in [0.3, 0.4) is 0 Å². The maximum absolute atomic E-state index is 12.5. The molecule has 0 saturated carbocycles. The van der Waals surface area contributed by atoms with Crippen molar-refractivity contribution in [2.75, 3.05) is 6.61 Å². The highest BCUT2D eigenvalue weighted by molar-refractivity contribution is 5.92. The molecule has 6 heteroatoms. The molecule has 0 fully saturated rings. The Bertz CT molecular complexity index is 515. The second kappa shape index (κ2) is 7.24. The molecule has 1 rings (SSSR count). The molecule has 0 aromatic rings. The zero-order valence-corrected chi connectivity index (χ0v) is 13.9. The number of hydrogen-bond donors (Lipinski definition) is 0. The summed E-state index contributed by atoms with van der Waals surface area (Å²) in [6.07, 6.45) is 2.68. The van der Waals surface area contributed by atoms with Gasteiger partial charge in [0, 0.05) is 12.6 Å². The Balaban J connectivity index is 3.12. The minimum Gasteiger partial charge on any atom is -0.464 e. The molecule has 0 aromatic heterocycles. The number of hydrogen-bond acceptors (Lipinski definition) is 5. The third-order valence-corrected chi connectivity index (χ3v) is 2.96. The Morgan fingerprint density at radius 1 is 1.45 bits per heavy atom. The van der Waals surface area contributed by atoms with Crippen molar-refractivity contribution in [1.82, 2.24) is 4.90 Å². The van der Waals surface area contributed by atoms with Crippen LogP contribution in [0.15, 0.2) is 29.0 Å². The van der Waals surface area contributed by atoms with Gasteiger partial charge in [-0.3, -0.25) is 9.89 Å². The molecule has 0 spiro atoms. The summed E-state index contributed by atoms with van der Waals surface area (Å²) in [5.74, 6) is -0.449. The largest absolute Gasteiger partial charge is 0.464 e. The fourth-order valence-corrected chi connectivity index (χ4v) is 2.12.